The molecule has 0 amide bonds. The molecule has 0 aromatic heterocycles. The molecule has 0 aliphatic heterocycles. The lowest BCUT2D eigenvalue weighted by atomic mass is 10.1. The summed E-state index contributed by atoms with van der Waals surface area (Å²) in [7, 11) is -3.51. The van der Waals surface area contributed by atoms with Gasteiger partial charge >= 0.3 is 5.97 Å². The van der Waals surface area contributed by atoms with E-state index in [2.05, 4.69) is 5.09 Å². The van der Waals surface area contributed by atoms with Crippen LogP contribution in [-0.4, -0.2) is 28.8 Å². The summed E-state index contributed by atoms with van der Waals surface area (Å²) in [5.74, 6) is -1.03. The molecule has 3 N–H and O–H groups in total. The van der Waals surface area contributed by atoms with Crippen molar-refractivity contribution in [3.63, 3.8) is 0 Å². The van der Waals surface area contributed by atoms with Crippen molar-refractivity contribution in [2.45, 2.75) is 19.4 Å². The van der Waals surface area contributed by atoms with Gasteiger partial charge in [-0.3, -0.25) is 9.36 Å². The molecular formula is C17H20NO5P. The highest BCUT2D eigenvalue weighted by atomic mass is 31.2. The van der Waals surface area contributed by atoms with Crippen LogP contribution in [0.5, 0.6) is 5.75 Å². The number of nitrogens with one attached hydrogen (secondary N) is 1. The lowest BCUT2D eigenvalue weighted by Gasteiger charge is -2.23. The summed E-state index contributed by atoms with van der Waals surface area (Å²) in [5.41, 5.74) is 0.698. The molecule has 24 heavy (non-hydrogen) atoms. The second-order valence-corrected chi connectivity index (χ2v) is 7.33. The Labute approximate surface area is 140 Å². The predicted octanol–water partition coefficient (Wildman–Crippen LogP) is 2.53. The number of carboxylic acid groups (broad SMARTS) is 1. The first-order valence-electron chi connectivity index (χ1n) is 7.53. The average Bonchev–Trinajstić information content (AvgIpc) is 2.57. The van der Waals surface area contributed by atoms with Gasteiger partial charge in [0.15, 0.2) is 0 Å². The van der Waals surface area contributed by atoms with Crippen molar-refractivity contribution in [2.75, 3.05) is 6.61 Å². The van der Waals surface area contributed by atoms with Gasteiger partial charge in [0.2, 0.25) is 0 Å². The quantitative estimate of drug-likeness (QED) is 0.634. The smallest absolute Gasteiger partial charge is 0.321 e. The molecule has 0 saturated carbocycles. The predicted molar refractivity (Wildman–Crippen MR) is 91.7 cm³/mol. The molecule has 0 radical (unpaired) electrons. The maximum absolute atomic E-state index is 13.1. The van der Waals surface area contributed by atoms with Crippen molar-refractivity contribution in [1.82, 2.24) is 5.09 Å². The molecule has 7 heteroatoms. The zero-order valence-electron chi connectivity index (χ0n) is 13.3. The van der Waals surface area contributed by atoms with E-state index >= 15 is 0 Å². The number of phenolic OH excluding ortho intramolecular Hbond substituents is 1. The van der Waals surface area contributed by atoms with Crippen molar-refractivity contribution in [3.05, 3.63) is 60.2 Å². The second kappa shape index (κ2) is 8.11. The number of phenols is 1. The van der Waals surface area contributed by atoms with Gasteiger partial charge in [-0.15, -0.1) is 0 Å². The summed E-state index contributed by atoms with van der Waals surface area (Å²) in [6, 6.07) is 13.6. The Bertz CT molecular complexity index is 718. The van der Waals surface area contributed by atoms with Gasteiger partial charge in [-0.25, -0.2) is 5.09 Å². The Hall–Kier alpha value is -2.14. The first-order valence-corrected chi connectivity index (χ1v) is 9.16. The van der Waals surface area contributed by atoms with E-state index in [-0.39, 0.29) is 18.8 Å². The standard InChI is InChI=1S/C17H20NO5P/c1-2-23-24(22,15-6-4-3-5-7-15)18-16(17(20)21)12-13-8-10-14(19)11-9-13/h3-11,16,19H,2,12H2,1H3,(H,18,22)(H,20,21)/t16-,24?/m0/s1. The monoisotopic (exact) mass is 349 g/mol. The fourth-order valence-corrected chi connectivity index (χ4v) is 4.17. The van der Waals surface area contributed by atoms with Gasteiger partial charge in [-0.05, 0) is 43.2 Å². The van der Waals surface area contributed by atoms with Gasteiger partial charge in [0, 0.05) is 0 Å². The molecule has 0 spiro atoms. The zero-order valence-corrected chi connectivity index (χ0v) is 14.1. The highest BCUT2D eigenvalue weighted by molar-refractivity contribution is 7.65. The van der Waals surface area contributed by atoms with Gasteiger partial charge in [0.05, 0.1) is 11.9 Å². The van der Waals surface area contributed by atoms with E-state index in [1.807, 2.05) is 0 Å². The fourth-order valence-electron chi connectivity index (χ4n) is 2.25. The number of carbonyl (C=O) groups is 1. The van der Waals surface area contributed by atoms with Gasteiger partial charge in [-0.1, -0.05) is 30.3 Å². The molecule has 128 valence electrons. The maximum atomic E-state index is 13.1. The number of benzene rings is 2. The molecule has 2 rings (SSSR count). The highest BCUT2D eigenvalue weighted by Crippen LogP contribution is 2.41. The van der Waals surface area contributed by atoms with E-state index in [9.17, 15) is 19.6 Å². The summed E-state index contributed by atoms with van der Waals surface area (Å²) < 4.78 is 18.5. The zero-order chi connectivity index (χ0) is 17.6. The van der Waals surface area contributed by atoms with Crippen LogP contribution in [0.4, 0.5) is 0 Å². The summed E-state index contributed by atoms with van der Waals surface area (Å²) in [6.07, 6.45) is 0.111. The lowest BCUT2D eigenvalue weighted by molar-refractivity contribution is -0.139. The molecule has 6 nitrogen and oxygen atoms in total. The largest absolute Gasteiger partial charge is 0.508 e. The molecule has 1 unspecified atom stereocenters. The third kappa shape index (κ3) is 4.68. The summed E-state index contributed by atoms with van der Waals surface area (Å²) in [5, 5.41) is 21.9. The van der Waals surface area contributed by atoms with Crippen molar-refractivity contribution in [3.8, 4) is 5.75 Å². The Balaban J connectivity index is 2.25. The van der Waals surface area contributed by atoms with E-state index in [0.29, 0.717) is 10.9 Å². The van der Waals surface area contributed by atoms with Crippen LogP contribution in [-0.2, 0) is 20.3 Å². The third-order valence-electron chi connectivity index (χ3n) is 3.41. The van der Waals surface area contributed by atoms with Crippen LogP contribution in [0, 0.1) is 0 Å². The molecule has 0 bridgehead atoms. The normalized spacial score (nSPS) is 14.7. The van der Waals surface area contributed by atoms with Crippen LogP contribution in [0.2, 0.25) is 0 Å². The number of aliphatic carboxylic acids is 1. The summed E-state index contributed by atoms with van der Waals surface area (Å²) >= 11 is 0. The molecule has 2 aromatic rings. The van der Waals surface area contributed by atoms with Gasteiger partial charge in [-0.2, -0.15) is 0 Å². The molecule has 2 aromatic carbocycles. The number of hydrogen-bond acceptors (Lipinski definition) is 4. The summed E-state index contributed by atoms with van der Waals surface area (Å²) in [4.78, 5) is 11.6. The van der Waals surface area contributed by atoms with Crippen LogP contribution in [0.25, 0.3) is 0 Å². The van der Waals surface area contributed by atoms with Crippen LogP contribution in [0.15, 0.2) is 54.6 Å². The Morgan fingerprint density at radius 3 is 2.33 bits per heavy atom. The molecule has 0 fully saturated rings. The van der Waals surface area contributed by atoms with Crippen LogP contribution in [0.3, 0.4) is 0 Å². The molecule has 0 heterocycles. The van der Waals surface area contributed by atoms with E-state index in [1.54, 1.807) is 49.4 Å². The number of hydrogen-bond donors (Lipinski definition) is 3. The molecule has 0 saturated heterocycles. The van der Waals surface area contributed by atoms with Gasteiger partial charge in [0.25, 0.3) is 7.52 Å². The van der Waals surface area contributed by atoms with Crippen LogP contribution < -0.4 is 10.4 Å². The maximum Gasteiger partial charge on any atom is 0.321 e. The first-order chi connectivity index (χ1) is 11.4. The molecule has 0 aliphatic rings. The molecule has 2 atom stereocenters. The van der Waals surface area contributed by atoms with Crippen molar-refractivity contribution >= 4 is 18.8 Å². The van der Waals surface area contributed by atoms with Gasteiger partial charge in [0.1, 0.15) is 11.8 Å². The Kier molecular flexibility index (Phi) is 6.15. The van der Waals surface area contributed by atoms with Crippen molar-refractivity contribution in [1.29, 1.82) is 0 Å². The molecule has 0 aliphatic carbocycles. The Morgan fingerprint density at radius 1 is 1.17 bits per heavy atom. The van der Waals surface area contributed by atoms with Crippen LogP contribution in [0.1, 0.15) is 12.5 Å². The van der Waals surface area contributed by atoms with E-state index in [1.165, 1.54) is 12.1 Å². The second-order valence-electron chi connectivity index (χ2n) is 5.20. The van der Waals surface area contributed by atoms with Crippen LogP contribution >= 0.6 is 7.52 Å². The Morgan fingerprint density at radius 2 is 1.79 bits per heavy atom. The topological polar surface area (TPSA) is 95.9 Å². The minimum atomic E-state index is -3.51. The van der Waals surface area contributed by atoms with E-state index in [0.717, 1.165) is 0 Å². The first kappa shape index (κ1) is 18.2. The van der Waals surface area contributed by atoms with Gasteiger partial charge < -0.3 is 14.7 Å². The minimum Gasteiger partial charge on any atom is -0.508 e. The average molecular weight is 349 g/mol. The fraction of sp³-hybridized carbons (Fsp3) is 0.235. The SMILES string of the molecule is CCOP(=O)(N[C@@H](Cc1ccc(O)cc1)C(=O)O)c1ccccc1. The van der Waals surface area contributed by atoms with E-state index < -0.39 is 19.5 Å². The number of carboxylic acids is 1. The lowest BCUT2D eigenvalue weighted by Crippen LogP contribution is -2.39. The summed E-state index contributed by atoms with van der Waals surface area (Å²) in [6.45, 7) is 1.89. The third-order valence-corrected chi connectivity index (χ3v) is 5.66. The van der Waals surface area contributed by atoms with Crippen molar-refractivity contribution in [2.24, 2.45) is 0 Å². The van der Waals surface area contributed by atoms with E-state index in [4.69, 9.17) is 4.52 Å². The van der Waals surface area contributed by atoms with Crippen molar-refractivity contribution < 1.29 is 24.1 Å². The molecular weight excluding hydrogens is 329 g/mol. The minimum absolute atomic E-state index is 0.0999. The highest BCUT2D eigenvalue weighted by Gasteiger charge is 2.32. The number of aromatic hydroxyl groups is 1. The number of rotatable bonds is 8.